The maximum absolute atomic E-state index is 11.8. The fourth-order valence-corrected chi connectivity index (χ4v) is 2.32. The zero-order chi connectivity index (χ0) is 15.9. The number of halogens is 1. The van der Waals surface area contributed by atoms with Gasteiger partial charge in [0.2, 0.25) is 0 Å². The number of rotatable bonds is 5. The summed E-state index contributed by atoms with van der Waals surface area (Å²) in [7, 11) is 3.11. The van der Waals surface area contributed by atoms with E-state index in [4.69, 9.17) is 9.47 Å². The fraction of sp³-hybridized carbons (Fsp3) is 0.133. The molecule has 1 aromatic heterocycles. The van der Waals surface area contributed by atoms with Crippen LogP contribution in [0.2, 0.25) is 0 Å². The van der Waals surface area contributed by atoms with Crippen LogP contribution in [0.1, 0.15) is 15.9 Å². The van der Waals surface area contributed by atoms with Crippen molar-refractivity contribution in [1.82, 2.24) is 10.4 Å². The van der Waals surface area contributed by atoms with Crippen LogP contribution in [0.15, 0.2) is 46.2 Å². The van der Waals surface area contributed by atoms with Gasteiger partial charge in [-0.25, -0.2) is 5.43 Å². The number of hydrogen-bond acceptors (Lipinski definition) is 5. The van der Waals surface area contributed by atoms with Gasteiger partial charge in [-0.1, -0.05) is 0 Å². The molecular weight excluding hydrogens is 350 g/mol. The van der Waals surface area contributed by atoms with Crippen LogP contribution in [-0.2, 0) is 0 Å². The lowest BCUT2D eigenvalue weighted by molar-refractivity contribution is 0.0955. The molecular formula is C15H14BrN3O3. The van der Waals surface area contributed by atoms with Gasteiger partial charge in [0.25, 0.3) is 5.91 Å². The number of hydrogen-bond donors (Lipinski definition) is 1. The van der Waals surface area contributed by atoms with Crippen LogP contribution in [0, 0.1) is 0 Å². The summed E-state index contributed by atoms with van der Waals surface area (Å²) in [4.78, 5) is 15.7. The molecule has 114 valence electrons. The van der Waals surface area contributed by atoms with Crippen LogP contribution < -0.4 is 14.9 Å². The second kappa shape index (κ2) is 7.56. The van der Waals surface area contributed by atoms with E-state index in [2.05, 4.69) is 31.4 Å². The van der Waals surface area contributed by atoms with Crippen LogP contribution in [0.3, 0.4) is 0 Å². The van der Waals surface area contributed by atoms with Crippen LogP contribution in [0.25, 0.3) is 0 Å². The number of methoxy groups -OCH3 is 2. The van der Waals surface area contributed by atoms with E-state index in [0.717, 1.165) is 5.56 Å². The first-order valence-electron chi connectivity index (χ1n) is 6.31. The van der Waals surface area contributed by atoms with Crippen molar-refractivity contribution in [2.45, 2.75) is 0 Å². The molecule has 2 aromatic rings. The molecule has 1 heterocycles. The minimum Gasteiger partial charge on any atom is -0.493 e. The lowest BCUT2D eigenvalue weighted by Crippen LogP contribution is -2.17. The van der Waals surface area contributed by atoms with Crippen molar-refractivity contribution in [3.05, 3.63) is 52.3 Å². The van der Waals surface area contributed by atoms with Gasteiger partial charge < -0.3 is 9.47 Å². The standard InChI is InChI=1S/C15H14BrN3O3/c1-21-12-6-5-10(13(16)14(12)22-2)9-18-19-15(20)11-4-3-7-17-8-11/h3-9H,1-2H3,(H,19,20)/b18-9-. The highest BCUT2D eigenvalue weighted by molar-refractivity contribution is 9.10. The SMILES string of the molecule is COc1ccc(/C=N\NC(=O)c2cccnc2)c(Br)c1OC. The molecule has 0 atom stereocenters. The van der Waals surface area contributed by atoms with Crippen molar-refractivity contribution in [3.63, 3.8) is 0 Å². The predicted molar refractivity (Wildman–Crippen MR) is 86.5 cm³/mol. The Kier molecular flexibility index (Phi) is 5.48. The third-order valence-corrected chi connectivity index (χ3v) is 3.63. The third kappa shape index (κ3) is 3.62. The lowest BCUT2D eigenvalue weighted by atomic mass is 10.2. The Bertz CT molecular complexity index is 690. The van der Waals surface area contributed by atoms with E-state index in [9.17, 15) is 4.79 Å². The fourth-order valence-electron chi connectivity index (χ4n) is 1.73. The van der Waals surface area contributed by atoms with E-state index in [1.54, 1.807) is 44.7 Å². The first-order valence-corrected chi connectivity index (χ1v) is 7.10. The number of carbonyl (C=O) groups excluding carboxylic acids is 1. The normalized spacial score (nSPS) is 10.5. The number of carbonyl (C=O) groups is 1. The monoisotopic (exact) mass is 363 g/mol. The van der Waals surface area contributed by atoms with Gasteiger partial charge in [0, 0.05) is 18.0 Å². The molecule has 0 unspecified atom stereocenters. The van der Waals surface area contributed by atoms with E-state index in [1.807, 2.05) is 0 Å². The molecule has 0 aliphatic rings. The quantitative estimate of drug-likeness (QED) is 0.654. The highest BCUT2D eigenvalue weighted by atomic mass is 79.9. The zero-order valence-electron chi connectivity index (χ0n) is 12.0. The Hall–Kier alpha value is -2.41. The molecule has 6 nitrogen and oxygen atoms in total. The van der Waals surface area contributed by atoms with E-state index >= 15 is 0 Å². The summed E-state index contributed by atoms with van der Waals surface area (Å²) in [5.41, 5.74) is 3.61. The third-order valence-electron chi connectivity index (χ3n) is 2.81. The summed E-state index contributed by atoms with van der Waals surface area (Å²) < 4.78 is 11.2. The van der Waals surface area contributed by atoms with E-state index < -0.39 is 0 Å². The Balaban J connectivity index is 2.12. The second-order valence-electron chi connectivity index (χ2n) is 4.15. The van der Waals surface area contributed by atoms with Gasteiger partial charge in [-0.15, -0.1) is 0 Å². The Morgan fingerprint density at radius 3 is 2.77 bits per heavy atom. The molecule has 0 fully saturated rings. The summed E-state index contributed by atoms with van der Waals surface area (Å²) in [6.07, 6.45) is 4.58. The number of hydrazone groups is 1. The smallest absolute Gasteiger partial charge is 0.272 e. The van der Waals surface area contributed by atoms with E-state index in [1.165, 1.54) is 12.4 Å². The van der Waals surface area contributed by atoms with Crippen LogP contribution >= 0.6 is 15.9 Å². The van der Waals surface area contributed by atoms with Crippen LogP contribution in [0.5, 0.6) is 11.5 Å². The molecule has 0 saturated heterocycles. The van der Waals surface area contributed by atoms with E-state index in [0.29, 0.717) is 21.5 Å². The van der Waals surface area contributed by atoms with Gasteiger partial charge in [0.1, 0.15) is 0 Å². The molecule has 1 N–H and O–H groups in total. The molecule has 0 aliphatic heterocycles. The van der Waals surface area contributed by atoms with Crippen molar-refractivity contribution in [2.75, 3.05) is 14.2 Å². The van der Waals surface area contributed by atoms with Crippen molar-refractivity contribution in [3.8, 4) is 11.5 Å². The van der Waals surface area contributed by atoms with Crippen molar-refractivity contribution >= 4 is 28.1 Å². The number of ether oxygens (including phenoxy) is 2. The largest absolute Gasteiger partial charge is 0.493 e. The number of nitrogens with one attached hydrogen (secondary N) is 1. The molecule has 0 bridgehead atoms. The van der Waals surface area contributed by atoms with Crippen molar-refractivity contribution in [2.24, 2.45) is 5.10 Å². The maximum Gasteiger partial charge on any atom is 0.272 e. The van der Waals surface area contributed by atoms with Gasteiger partial charge in [-0.3, -0.25) is 9.78 Å². The highest BCUT2D eigenvalue weighted by Crippen LogP contribution is 2.36. The summed E-state index contributed by atoms with van der Waals surface area (Å²) in [5.74, 6) is 0.830. The molecule has 22 heavy (non-hydrogen) atoms. The number of pyridine rings is 1. The molecule has 7 heteroatoms. The molecule has 1 aromatic carbocycles. The Labute approximate surface area is 136 Å². The molecule has 0 saturated carbocycles. The second-order valence-corrected chi connectivity index (χ2v) is 4.94. The molecule has 0 spiro atoms. The minimum absolute atomic E-state index is 0.332. The first kappa shape index (κ1) is 16.0. The van der Waals surface area contributed by atoms with E-state index in [-0.39, 0.29) is 5.91 Å². The Morgan fingerprint density at radius 2 is 2.14 bits per heavy atom. The summed E-state index contributed by atoms with van der Waals surface area (Å²) >= 11 is 3.43. The molecule has 2 rings (SSSR count). The van der Waals surface area contributed by atoms with Crippen molar-refractivity contribution in [1.29, 1.82) is 0 Å². The average Bonchev–Trinajstić information content (AvgIpc) is 2.56. The maximum atomic E-state index is 11.8. The number of nitrogens with zero attached hydrogens (tertiary/aromatic N) is 2. The lowest BCUT2D eigenvalue weighted by Gasteiger charge is -2.10. The minimum atomic E-state index is -0.332. The summed E-state index contributed by atoms with van der Waals surface area (Å²) in [5, 5.41) is 3.93. The van der Waals surface area contributed by atoms with Gasteiger partial charge in [0.15, 0.2) is 11.5 Å². The number of amides is 1. The van der Waals surface area contributed by atoms with Gasteiger partial charge >= 0.3 is 0 Å². The van der Waals surface area contributed by atoms with Crippen LogP contribution in [-0.4, -0.2) is 31.3 Å². The Morgan fingerprint density at radius 1 is 1.32 bits per heavy atom. The summed E-state index contributed by atoms with van der Waals surface area (Å²) in [6.45, 7) is 0. The van der Waals surface area contributed by atoms with Gasteiger partial charge in [-0.2, -0.15) is 5.10 Å². The number of aromatic nitrogens is 1. The van der Waals surface area contributed by atoms with Gasteiger partial charge in [0.05, 0.1) is 30.5 Å². The van der Waals surface area contributed by atoms with Crippen LogP contribution in [0.4, 0.5) is 0 Å². The molecule has 0 aliphatic carbocycles. The summed E-state index contributed by atoms with van der Waals surface area (Å²) in [6, 6.07) is 6.90. The topological polar surface area (TPSA) is 72.8 Å². The average molecular weight is 364 g/mol. The molecule has 0 radical (unpaired) electrons. The number of benzene rings is 1. The predicted octanol–water partition coefficient (Wildman–Crippen LogP) is 2.63. The van der Waals surface area contributed by atoms with Crippen molar-refractivity contribution < 1.29 is 14.3 Å². The molecule has 1 amide bonds. The highest BCUT2D eigenvalue weighted by Gasteiger charge is 2.11. The zero-order valence-corrected chi connectivity index (χ0v) is 13.6. The first-order chi connectivity index (χ1) is 10.7. The van der Waals surface area contributed by atoms with Gasteiger partial charge in [-0.05, 0) is 40.2 Å².